The van der Waals surface area contributed by atoms with Crippen molar-refractivity contribution in [2.24, 2.45) is 17.8 Å². The van der Waals surface area contributed by atoms with Crippen molar-refractivity contribution in [3.63, 3.8) is 0 Å². The number of aliphatic hydroxyl groups excluding tert-OH is 2. The second-order valence-electron chi connectivity index (χ2n) is 7.26. The maximum atomic E-state index is 12.3. The number of aliphatic hydroxyl groups is 2. The summed E-state index contributed by atoms with van der Waals surface area (Å²) in [6.45, 7) is 13.3. The Morgan fingerprint density at radius 2 is 2.04 bits per heavy atom. The summed E-state index contributed by atoms with van der Waals surface area (Å²) in [5, 5.41) is 19.4. The van der Waals surface area contributed by atoms with Crippen molar-refractivity contribution in [3.05, 3.63) is 48.1 Å². The van der Waals surface area contributed by atoms with E-state index in [1.807, 2.05) is 6.92 Å². The summed E-state index contributed by atoms with van der Waals surface area (Å²) in [7, 11) is 0. The lowest BCUT2D eigenvalue weighted by molar-refractivity contribution is -0.148. The molecule has 1 aliphatic heterocycles. The number of rotatable bonds is 4. The monoisotopic (exact) mass is 360 g/mol. The third kappa shape index (κ3) is 2.93. The highest BCUT2D eigenvalue weighted by Gasteiger charge is 2.56. The Labute approximate surface area is 152 Å². The topological polar surface area (TPSA) is 93.1 Å². The number of hydrogen-bond acceptors (Lipinski definition) is 6. The second kappa shape index (κ2) is 6.85. The zero-order valence-electron chi connectivity index (χ0n) is 14.8. The SMILES string of the molecule is C=C(CCO)C(=O)OC1CC(=C)C2C(O)C=C(C)C2C2OC(=O)C(=C)C12. The molecule has 0 aromatic heterocycles. The average molecular weight is 360 g/mol. The van der Waals surface area contributed by atoms with E-state index in [1.165, 1.54) is 0 Å². The lowest BCUT2D eigenvalue weighted by Crippen LogP contribution is -2.37. The van der Waals surface area contributed by atoms with Crippen molar-refractivity contribution >= 4 is 11.9 Å². The zero-order chi connectivity index (χ0) is 19.2. The number of hydrogen-bond donors (Lipinski definition) is 2. The minimum absolute atomic E-state index is 0.114. The number of esters is 2. The first kappa shape index (κ1) is 18.6. The summed E-state index contributed by atoms with van der Waals surface area (Å²) >= 11 is 0. The Morgan fingerprint density at radius 3 is 2.69 bits per heavy atom. The number of ether oxygens (including phenoxy) is 2. The van der Waals surface area contributed by atoms with E-state index in [1.54, 1.807) is 6.08 Å². The quantitative estimate of drug-likeness (QED) is 0.448. The Hall–Kier alpha value is -2.18. The smallest absolute Gasteiger partial charge is 0.334 e. The third-order valence-corrected chi connectivity index (χ3v) is 5.63. The largest absolute Gasteiger partial charge is 0.458 e. The van der Waals surface area contributed by atoms with Crippen molar-refractivity contribution in [3.8, 4) is 0 Å². The van der Waals surface area contributed by atoms with Gasteiger partial charge in [0.25, 0.3) is 0 Å². The van der Waals surface area contributed by atoms with Gasteiger partial charge in [0.15, 0.2) is 0 Å². The lowest BCUT2D eigenvalue weighted by Gasteiger charge is -2.29. The van der Waals surface area contributed by atoms with Crippen molar-refractivity contribution in [2.75, 3.05) is 6.61 Å². The molecule has 1 saturated carbocycles. The molecule has 0 aromatic carbocycles. The molecule has 3 aliphatic rings. The van der Waals surface area contributed by atoms with Crippen molar-refractivity contribution in [1.82, 2.24) is 0 Å². The van der Waals surface area contributed by atoms with Crippen LogP contribution in [0.5, 0.6) is 0 Å². The van der Waals surface area contributed by atoms with E-state index >= 15 is 0 Å². The molecule has 0 bridgehead atoms. The van der Waals surface area contributed by atoms with Gasteiger partial charge in [-0.3, -0.25) is 0 Å². The van der Waals surface area contributed by atoms with E-state index in [4.69, 9.17) is 14.6 Å². The maximum absolute atomic E-state index is 12.3. The first-order chi connectivity index (χ1) is 12.3. The van der Waals surface area contributed by atoms with Crippen LogP contribution < -0.4 is 0 Å². The van der Waals surface area contributed by atoms with Crippen molar-refractivity contribution in [2.45, 2.75) is 38.1 Å². The number of carbonyl (C=O) groups excluding carboxylic acids is 2. The van der Waals surface area contributed by atoms with E-state index in [2.05, 4.69) is 19.7 Å². The van der Waals surface area contributed by atoms with Crippen LogP contribution in [0.3, 0.4) is 0 Å². The molecule has 2 N–H and O–H groups in total. The van der Waals surface area contributed by atoms with Crippen molar-refractivity contribution < 1.29 is 29.3 Å². The normalized spacial score (nSPS) is 36.0. The van der Waals surface area contributed by atoms with Gasteiger partial charge in [-0.2, -0.15) is 0 Å². The molecular weight excluding hydrogens is 336 g/mol. The van der Waals surface area contributed by atoms with Crippen LogP contribution in [0, 0.1) is 17.8 Å². The molecule has 140 valence electrons. The van der Waals surface area contributed by atoms with Gasteiger partial charge < -0.3 is 19.7 Å². The molecule has 6 heteroatoms. The molecule has 6 nitrogen and oxygen atoms in total. The van der Waals surface area contributed by atoms with Gasteiger partial charge in [0.05, 0.1) is 12.0 Å². The van der Waals surface area contributed by atoms with Crippen molar-refractivity contribution in [1.29, 1.82) is 0 Å². The van der Waals surface area contributed by atoms with Gasteiger partial charge in [-0.1, -0.05) is 37.0 Å². The highest BCUT2D eigenvalue weighted by atomic mass is 16.6. The molecule has 26 heavy (non-hydrogen) atoms. The van der Waals surface area contributed by atoms with E-state index in [-0.39, 0.29) is 36.0 Å². The number of carbonyl (C=O) groups is 2. The minimum atomic E-state index is -0.709. The zero-order valence-corrected chi connectivity index (χ0v) is 14.8. The van der Waals surface area contributed by atoms with E-state index in [0.717, 1.165) is 11.1 Å². The predicted octanol–water partition coefficient (Wildman–Crippen LogP) is 1.45. The van der Waals surface area contributed by atoms with Gasteiger partial charge >= 0.3 is 11.9 Å². The van der Waals surface area contributed by atoms with E-state index in [0.29, 0.717) is 6.42 Å². The van der Waals surface area contributed by atoms with Crippen LogP contribution in [0.15, 0.2) is 48.1 Å². The first-order valence-electron chi connectivity index (χ1n) is 8.69. The van der Waals surface area contributed by atoms with E-state index in [9.17, 15) is 14.7 Å². The van der Waals surface area contributed by atoms with Gasteiger partial charge in [-0.25, -0.2) is 9.59 Å². The summed E-state index contributed by atoms with van der Waals surface area (Å²) in [6, 6.07) is 0. The summed E-state index contributed by atoms with van der Waals surface area (Å²) in [6.07, 6.45) is 0.232. The summed E-state index contributed by atoms with van der Waals surface area (Å²) in [5.41, 5.74) is 2.10. The fraction of sp³-hybridized carbons (Fsp3) is 0.500. The van der Waals surface area contributed by atoms with Gasteiger partial charge in [0.2, 0.25) is 0 Å². The van der Waals surface area contributed by atoms with Crippen LogP contribution in [0.2, 0.25) is 0 Å². The summed E-state index contributed by atoms with van der Waals surface area (Å²) in [4.78, 5) is 24.5. The maximum Gasteiger partial charge on any atom is 0.334 e. The molecule has 0 radical (unpaired) electrons. The van der Waals surface area contributed by atoms with Gasteiger partial charge in [0, 0.05) is 42.4 Å². The fourth-order valence-corrected chi connectivity index (χ4v) is 4.37. The van der Waals surface area contributed by atoms with Gasteiger partial charge in [0.1, 0.15) is 12.2 Å². The third-order valence-electron chi connectivity index (χ3n) is 5.63. The molecular formula is C20H24O6. The van der Waals surface area contributed by atoms with Crippen LogP contribution in [0.1, 0.15) is 19.8 Å². The molecule has 2 aliphatic carbocycles. The standard InChI is InChI=1S/C20H24O6/c1-9(5-6-21)19(23)25-14-8-11(3)15-13(22)7-10(2)16(15)18-17(14)12(4)20(24)26-18/h7,13-18,21-22H,1,3-6,8H2,2H3. The molecule has 6 unspecified atom stereocenters. The summed E-state index contributed by atoms with van der Waals surface area (Å²) in [5.74, 6) is -2.13. The molecule has 1 saturated heterocycles. The van der Waals surface area contributed by atoms with E-state index < -0.39 is 36.2 Å². The molecule has 6 atom stereocenters. The van der Waals surface area contributed by atoms with Crippen LogP contribution in [0.4, 0.5) is 0 Å². The lowest BCUT2D eigenvalue weighted by atomic mass is 9.79. The Kier molecular flexibility index (Phi) is 4.90. The average Bonchev–Trinajstić information content (AvgIpc) is 2.97. The highest BCUT2D eigenvalue weighted by molar-refractivity contribution is 5.92. The highest BCUT2D eigenvalue weighted by Crippen LogP contribution is 2.51. The van der Waals surface area contributed by atoms with Gasteiger partial charge in [-0.15, -0.1) is 0 Å². The van der Waals surface area contributed by atoms with Crippen LogP contribution in [0.25, 0.3) is 0 Å². The Balaban J connectivity index is 1.94. The molecule has 0 spiro atoms. The minimum Gasteiger partial charge on any atom is -0.458 e. The van der Waals surface area contributed by atoms with Crippen LogP contribution in [-0.4, -0.2) is 47.1 Å². The number of fused-ring (bicyclic) bond motifs is 3. The fourth-order valence-electron chi connectivity index (χ4n) is 4.37. The molecule has 2 fully saturated rings. The first-order valence-corrected chi connectivity index (χ1v) is 8.69. The van der Waals surface area contributed by atoms with Crippen LogP contribution in [-0.2, 0) is 19.1 Å². The second-order valence-corrected chi connectivity index (χ2v) is 7.26. The molecule has 3 rings (SSSR count). The molecule has 1 heterocycles. The van der Waals surface area contributed by atoms with Crippen LogP contribution >= 0.6 is 0 Å². The Bertz CT molecular complexity index is 718. The predicted molar refractivity (Wildman–Crippen MR) is 93.7 cm³/mol. The molecule has 0 aromatic rings. The summed E-state index contributed by atoms with van der Waals surface area (Å²) < 4.78 is 11.2. The molecule has 0 amide bonds. The van der Waals surface area contributed by atoms with Gasteiger partial charge in [-0.05, 0) is 6.92 Å². The Morgan fingerprint density at radius 1 is 1.35 bits per heavy atom.